The third-order valence-corrected chi connectivity index (χ3v) is 4.79. The summed E-state index contributed by atoms with van der Waals surface area (Å²) in [6, 6.07) is 6.49. The minimum atomic E-state index is -0.464. The fourth-order valence-electron chi connectivity index (χ4n) is 2.06. The van der Waals surface area contributed by atoms with E-state index in [9.17, 15) is 14.9 Å². The lowest BCUT2D eigenvalue weighted by molar-refractivity contribution is -0.383. The maximum Gasteiger partial charge on any atom is 0.293 e. The number of benzene rings is 1. The standard InChI is InChI=1S/C13H7BrN2O3S/c14-9-4-5-20-13(9)12(17)8-6-15-11-7(8)2-1-3-10(11)16(18)19/h1-6,15H. The van der Waals surface area contributed by atoms with Crippen LogP contribution in [-0.2, 0) is 0 Å². The van der Waals surface area contributed by atoms with Crippen LogP contribution in [0.3, 0.4) is 0 Å². The molecule has 0 saturated carbocycles. The lowest BCUT2D eigenvalue weighted by Crippen LogP contribution is -1.98. The second kappa shape index (κ2) is 4.84. The average Bonchev–Trinajstić information content (AvgIpc) is 3.03. The van der Waals surface area contributed by atoms with Crippen molar-refractivity contribution in [3.63, 3.8) is 0 Å². The summed E-state index contributed by atoms with van der Waals surface area (Å²) in [7, 11) is 0. The van der Waals surface area contributed by atoms with E-state index in [2.05, 4.69) is 20.9 Å². The second-order valence-corrected chi connectivity index (χ2v) is 5.86. The predicted molar refractivity (Wildman–Crippen MR) is 80.4 cm³/mol. The van der Waals surface area contributed by atoms with E-state index in [1.165, 1.54) is 23.6 Å². The van der Waals surface area contributed by atoms with Gasteiger partial charge in [0.05, 0.1) is 9.80 Å². The molecule has 3 aromatic rings. The summed E-state index contributed by atoms with van der Waals surface area (Å²) in [5, 5.41) is 13.3. The zero-order valence-corrected chi connectivity index (χ0v) is 12.3. The fraction of sp³-hybridized carbons (Fsp3) is 0. The highest BCUT2D eigenvalue weighted by Gasteiger charge is 2.21. The van der Waals surface area contributed by atoms with Gasteiger partial charge in [0.1, 0.15) is 5.52 Å². The van der Waals surface area contributed by atoms with Crippen molar-refractivity contribution in [3.8, 4) is 0 Å². The number of non-ortho nitro benzene ring substituents is 1. The number of aromatic amines is 1. The van der Waals surface area contributed by atoms with E-state index < -0.39 is 4.92 Å². The van der Waals surface area contributed by atoms with E-state index in [1.54, 1.807) is 18.2 Å². The van der Waals surface area contributed by atoms with E-state index in [0.29, 0.717) is 21.3 Å². The summed E-state index contributed by atoms with van der Waals surface area (Å²) in [4.78, 5) is 26.4. The molecule has 0 aliphatic heterocycles. The second-order valence-electron chi connectivity index (χ2n) is 4.09. The molecule has 0 radical (unpaired) electrons. The minimum absolute atomic E-state index is 0.0354. The van der Waals surface area contributed by atoms with Gasteiger partial charge < -0.3 is 4.98 Å². The van der Waals surface area contributed by atoms with Gasteiger partial charge >= 0.3 is 0 Å². The molecule has 7 heteroatoms. The predicted octanol–water partition coefficient (Wildman–Crippen LogP) is 4.13. The van der Waals surface area contributed by atoms with Gasteiger partial charge in [-0.1, -0.05) is 12.1 Å². The van der Waals surface area contributed by atoms with Crippen LogP contribution < -0.4 is 0 Å². The molecule has 3 rings (SSSR count). The van der Waals surface area contributed by atoms with Crippen molar-refractivity contribution in [1.82, 2.24) is 4.98 Å². The number of halogens is 1. The normalized spacial score (nSPS) is 10.8. The summed E-state index contributed by atoms with van der Waals surface area (Å²) in [5.41, 5.74) is 0.771. The van der Waals surface area contributed by atoms with Crippen LogP contribution in [0.1, 0.15) is 15.2 Å². The van der Waals surface area contributed by atoms with Crippen LogP contribution in [0.25, 0.3) is 10.9 Å². The summed E-state index contributed by atoms with van der Waals surface area (Å²) in [6.45, 7) is 0. The average molecular weight is 351 g/mol. The van der Waals surface area contributed by atoms with Crippen LogP contribution in [0, 0.1) is 10.1 Å². The van der Waals surface area contributed by atoms with E-state index in [4.69, 9.17) is 0 Å². The quantitative estimate of drug-likeness (QED) is 0.438. The fourth-order valence-corrected chi connectivity index (χ4v) is 3.56. The van der Waals surface area contributed by atoms with Gasteiger partial charge in [0, 0.05) is 27.7 Å². The summed E-state index contributed by atoms with van der Waals surface area (Å²) in [5.74, 6) is -0.154. The molecule has 0 atom stereocenters. The van der Waals surface area contributed by atoms with Gasteiger partial charge in [0.15, 0.2) is 0 Å². The number of nitro benzene ring substituents is 1. The van der Waals surface area contributed by atoms with Crippen molar-refractivity contribution in [2.24, 2.45) is 0 Å². The Morgan fingerprint density at radius 3 is 2.80 bits per heavy atom. The third-order valence-electron chi connectivity index (χ3n) is 2.96. The van der Waals surface area contributed by atoms with Gasteiger partial charge in [-0.15, -0.1) is 11.3 Å². The lowest BCUT2D eigenvalue weighted by atomic mass is 10.1. The topological polar surface area (TPSA) is 76.0 Å². The largest absolute Gasteiger partial charge is 0.355 e. The van der Waals surface area contributed by atoms with Gasteiger partial charge in [0.2, 0.25) is 5.78 Å². The maximum absolute atomic E-state index is 12.5. The minimum Gasteiger partial charge on any atom is -0.355 e. The molecule has 100 valence electrons. The number of fused-ring (bicyclic) bond motifs is 1. The number of carbonyl (C=O) groups excluding carboxylic acids is 1. The molecule has 0 unspecified atom stereocenters. The first-order chi connectivity index (χ1) is 9.59. The van der Waals surface area contributed by atoms with Gasteiger partial charge in [-0.2, -0.15) is 0 Å². The van der Waals surface area contributed by atoms with E-state index in [0.717, 1.165) is 4.47 Å². The van der Waals surface area contributed by atoms with Crippen molar-refractivity contribution < 1.29 is 9.72 Å². The Kier molecular flexibility index (Phi) is 3.15. The molecule has 2 heterocycles. The van der Waals surface area contributed by atoms with Crippen molar-refractivity contribution in [3.05, 3.63) is 60.9 Å². The van der Waals surface area contributed by atoms with Gasteiger partial charge in [-0.25, -0.2) is 0 Å². The molecule has 0 amide bonds. The molecule has 0 aliphatic carbocycles. The third kappa shape index (κ3) is 1.95. The number of ketones is 1. The van der Waals surface area contributed by atoms with Crippen molar-refractivity contribution in [2.75, 3.05) is 0 Å². The van der Waals surface area contributed by atoms with Crippen LogP contribution in [0.4, 0.5) is 5.69 Å². The van der Waals surface area contributed by atoms with Crippen molar-refractivity contribution in [2.45, 2.75) is 0 Å². The Morgan fingerprint density at radius 2 is 2.15 bits per heavy atom. The molecule has 0 fully saturated rings. The number of para-hydroxylation sites is 1. The van der Waals surface area contributed by atoms with Gasteiger partial charge in [-0.05, 0) is 27.4 Å². The van der Waals surface area contributed by atoms with Crippen LogP contribution in [0.15, 0.2) is 40.3 Å². The highest BCUT2D eigenvalue weighted by Crippen LogP contribution is 2.31. The van der Waals surface area contributed by atoms with Crippen molar-refractivity contribution in [1.29, 1.82) is 0 Å². The smallest absolute Gasteiger partial charge is 0.293 e. The van der Waals surface area contributed by atoms with E-state index in [1.807, 2.05) is 5.38 Å². The number of rotatable bonds is 3. The number of hydrogen-bond acceptors (Lipinski definition) is 4. The maximum atomic E-state index is 12.5. The zero-order chi connectivity index (χ0) is 14.3. The monoisotopic (exact) mass is 350 g/mol. The Morgan fingerprint density at radius 1 is 1.35 bits per heavy atom. The van der Waals surface area contributed by atoms with Gasteiger partial charge in [0.25, 0.3) is 5.69 Å². The van der Waals surface area contributed by atoms with Gasteiger partial charge in [-0.3, -0.25) is 14.9 Å². The van der Waals surface area contributed by atoms with Crippen molar-refractivity contribution >= 4 is 49.6 Å². The summed E-state index contributed by atoms with van der Waals surface area (Å²) < 4.78 is 0.729. The van der Waals surface area contributed by atoms with E-state index in [-0.39, 0.29) is 11.5 Å². The van der Waals surface area contributed by atoms with Crippen LogP contribution in [0.2, 0.25) is 0 Å². The molecule has 0 bridgehead atoms. The number of nitrogens with zero attached hydrogens (tertiary/aromatic N) is 1. The molecular weight excluding hydrogens is 344 g/mol. The number of carbonyl (C=O) groups is 1. The molecule has 0 aliphatic rings. The Hall–Kier alpha value is -1.99. The summed E-state index contributed by atoms with van der Waals surface area (Å²) >= 11 is 4.66. The molecule has 1 aromatic carbocycles. The Bertz CT molecular complexity index is 837. The molecule has 5 nitrogen and oxygen atoms in total. The first-order valence-electron chi connectivity index (χ1n) is 5.62. The molecule has 2 aromatic heterocycles. The molecule has 0 spiro atoms. The molecule has 0 saturated heterocycles. The number of nitro groups is 1. The highest BCUT2D eigenvalue weighted by molar-refractivity contribution is 9.10. The molecule has 1 N–H and O–H groups in total. The summed E-state index contributed by atoms with van der Waals surface area (Å²) in [6.07, 6.45) is 1.52. The number of aromatic nitrogens is 1. The first-order valence-corrected chi connectivity index (χ1v) is 7.29. The lowest BCUT2D eigenvalue weighted by Gasteiger charge is -1.98. The number of nitrogens with one attached hydrogen (secondary N) is 1. The SMILES string of the molecule is O=C(c1sccc1Br)c1c[nH]c2c([N+](=O)[O-])cccc12. The Labute approximate surface area is 125 Å². The van der Waals surface area contributed by atoms with Crippen LogP contribution in [-0.4, -0.2) is 15.7 Å². The molecular formula is C13H7BrN2O3S. The Balaban J connectivity index is 2.19. The zero-order valence-electron chi connectivity index (χ0n) is 9.92. The van der Waals surface area contributed by atoms with E-state index >= 15 is 0 Å². The number of thiophene rings is 1. The number of H-pyrrole nitrogens is 1. The van der Waals surface area contributed by atoms with Crippen LogP contribution in [0.5, 0.6) is 0 Å². The molecule has 20 heavy (non-hydrogen) atoms. The first kappa shape index (κ1) is 13.0. The van der Waals surface area contributed by atoms with Crippen LogP contribution >= 0.6 is 27.3 Å². The highest BCUT2D eigenvalue weighted by atomic mass is 79.9. The number of hydrogen-bond donors (Lipinski definition) is 1.